The number of aromatic carboxylic acids is 1. The van der Waals surface area contributed by atoms with Gasteiger partial charge in [-0.1, -0.05) is 47.5 Å². The van der Waals surface area contributed by atoms with Gasteiger partial charge in [-0.2, -0.15) is 0 Å². The lowest BCUT2D eigenvalue weighted by atomic mass is 10.1. The lowest BCUT2D eigenvalue weighted by Crippen LogP contribution is -2.26. The molecule has 3 rings (SSSR count). The van der Waals surface area contributed by atoms with Crippen LogP contribution in [0.5, 0.6) is 5.75 Å². The van der Waals surface area contributed by atoms with Crippen LogP contribution in [-0.4, -0.2) is 26.0 Å². The Balaban J connectivity index is 1.55. The Kier molecular flexibility index (Phi) is 7.33. The lowest BCUT2D eigenvalue weighted by Gasteiger charge is -2.10. The zero-order valence-electron chi connectivity index (χ0n) is 18.4. The summed E-state index contributed by atoms with van der Waals surface area (Å²) in [6, 6.07) is 17.9. The topological polar surface area (TPSA) is 92.7 Å². The van der Waals surface area contributed by atoms with Gasteiger partial charge < -0.3 is 9.84 Å². The third kappa shape index (κ3) is 6.18. The Morgan fingerprint density at radius 2 is 1.56 bits per heavy atom. The van der Waals surface area contributed by atoms with Gasteiger partial charge in [0.1, 0.15) is 12.4 Å². The lowest BCUT2D eigenvalue weighted by molar-refractivity contribution is 0.0696. The van der Waals surface area contributed by atoms with Crippen molar-refractivity contribution in [2.75, 3.05) is 6.54 Å². The number of carboxylic acids is 1. The summed E-state index contributed by atoms with van der Waals surface area (Å²) in [4.78, 5) is 11.2. The fourth-order valence-corrected chi connectivity index (χ4v) is 4.54. The molecule has 6 nitrogen and oxygen atoms in total. The molecule has 0 aromatic heterocycles. The maximum absolute atomic E-state index is 12.5. The van der Waals surface area contributed by atoms with Gasteiger partial charge in [-0.15, -0.1) is 0 Å². The molecular formula is C25H27NO5S. The summed E-state index contributed by atoms with van der Waals surface area (Å²) >= 11 is 0. The van der Waals surface area contributed by atoms with Crippen molar-refractivity contribution in [1.29, 1.82) is 0 Å². The molecule has 0 saturated carbocycles. The zero-order chi connectivity index (χ0) is 23.3. The molecule has 0 spiro atoms. The van der Waals surface area contributed by atoms with E-state index in [9.17, 15) is 18.3 Å². The van der Waals surface area contributed by atoms with E-state index >= 15 is 0 Å². The molecule has 0 aliphatic rings. The van der Waals surface area contributed by atoms with Crippen LogP contribution in [-0.2, 0) is 23.1 Å². The van der Waals surface area contributed by atoms with Gasteiger partial charge in [0.25, 0.3) is 0 Å². The number of nitrogens with one attached hydrogen (secondary N) is 1. The van der Waals surface area contributed by atoms with Crippen molar-refractivity contribution < 1.29 is 23.1 Å². The van der Waals surface area contributed by atoms with Crippen molar-refractivity contribution in [3.05, 3.63) is 94.0 Å². The Morgan fingerprint density at radius 3 is 2.19 bits per heavy atom. The smallest absolute Gasteiger partial charge is 0.335 e. The van der Waals surface area contributed by atoms with E-state index in [-0.39, 0.29) is 17.0 Å². The van der Waals surface area contributed by atoms with Crippen LogP contribution in [0.1, 0.15) is 38.2 Å². The Morgan fingerprint density at radius 1 is 0.906 bits per heavy atom. The minimum atomic E-state index is -3.80. The quantitative estimate of drug-likeness (QED) is 0.501. The van der Waals surface area contributed by atoms with Crippen molar-refractivity contribution in [1.82, 2.24) is 4.72 Å². The van der Waals surface area contributed by atoms with E-state index in [1.807, 2.05) is 24.3 Å². The zero-order valence-corrected chi connectivity index (χ0v) is 19.2. The van der Waals surface area contributed by atoms with Crippen LogP contribution >= 0.6 is 0 Å². The predicted octanol–water partition coefficient (Wildman–Crippen LogP) is 4.41. The number of rotatable bonds is 9. The largest absolute Gasteiger partial charge is 0.489 e. The molecule has 0 radical (unpaired) electrons. The number of aryl methyl sites for hydroxylation is 3. The first kappa shape index (κ1) is 23.5. The van der Waals surface area contributed by atoms with Gasteiger partial charge in [0, 0.05) is 6.54 Å². The van der Waals surface area contributed by atoms with Crippen LogP contribution < -0.4 is 9.46 Å². The molecule has 0 unspecified atom stereocenters. The van der Waals surface area contributed by atoms with Gasteiger partial charge in [-0.25, -0.2) is 17.9 Å². The van der Waals surface area contributed by atoms with Crippen molar-refractivity contribution in [3.63, 3.8) is 0 Å². The van der Waals surface area contributed by atoms with E-state index < -0.39 is 16.0 Å². The Labute approximate surface area is 188 Å². The monoisotopic (exact) mass is 453 g/mol. The molecule has 0 amide bonds. The first-order chi connectivity index (χ1) is 15.1. The molecule has 3 aromatic carbocycles. The minimum absolute atomic E-state index is 0.0238. The average molecular weight is 454 g/mol. The van der Waals surface area contributed by atoms with Gasteiger partial charge in [0.15, 0.2) is 0 Å². The third-order valence-electron chi connectivity index (χ3n) is 5.07. The Bertz CT molecular complexity index is 1200. The normalized spacial score (nSPS) is 11.3. The van der Waals surface area contributed by atoms with E-state index in [1.54, 1.807) is 6.92 Å². The van der Waals surface area contributed by atoms with Crippen LogP contribution in [0, 0.1) is 20.8 Å². The number of hydrogen-bond acceptors (Lipinski definition) is 4. The summed E-state index contributed by atoms with van der Waals surface area (Å²) in [5.74, 6) is -0.409. The molecule has 3 aromatic rings. The molecule has 168 valence electrons. The molecule has 0 aliphatic carbocycles. The molecule has 0 fully saturated rings. The number of ether oxygens (including phenoxy) is 1. The van der Waals surface area contributed by atoms with Crippen molar-refractivity contribution in [2.24, 2.45) is 0 Å². The van der Waals surface area contributed by atoms with Gasteiger partial charge in [0.05, 0.1) is 10.5 Å². The molecule has 2 N–H and O–H groups in total. The standard InChI is InChI=1S/C25H27NO5S/c1-17-12-18(2)14-21(13-17)16-31-22-7-5-20(6-8-22)10-11-26-32(29,30)23-9-4-19(3)24(15-23)25(27)28/h4-9,12-15,26H,10-11,16H2,1-3H3,(H,27,28). The second-order valence-electron chi connectivity index (χ2n) is 7.86. The molecular weight excluding hydrogens is 426 g/mol. The van der Waals surface area contributed by atoms with E-state index in [0.29, 0.717) is 18.6 Å². The van der Waals surface area contributed by atoms with Gasteiger partial charge in [0.2, 0.25) is 10.0 Å². The van der Waals surface area contributed by atoms with Crippen molar-refractivity contribution in [3.8, 4) is 5.75 Å². The number of sulfonamides is 1. The number of benzene rings is 3. The summed E-state index contributed by atoms with van der Waals surface area (Å²) in [7, 11) is -3.80. The Hall–Kier alpha value is -3.16. The molecule has 0 saturated heterocycles. The second kappa shape index (κ2) is 9.97. The highest BCUT2D eigenvalue weighted by molar-refractivity contribution is 7.89. The average Bonchev–Trinajstić information content (AvgIpc) is 2.72. The molecule has 7 heteroatoms. The van der Waals surface area contributed by atoms with Crippen LogP contribution in [0.3, 0.4) is 0 Å². The second-order valence-corrected chi connectivity index (χ2v) is 9.63. The number of carbonyl (C=O) groups is 1. The van der Waals surface area contributed by atoms with Gasteiger partial charge in [-0.05, 0) is 68.1 Å². The summed E-state index contributed by atoms with van der Waals surface area (Å²) in [6.45, 7) is 6.42. The molecule has 0 aliphatic heterocycles. The fraction of sp³-hybridized carbons (Fsp3) is 0.240. The van der Waals surface area contributed by atoms with E-state index in [2.05, 4.69) is 36.8 Å². The van der Waals surface area contributed by atoms with Crippen LogP contribution in [0.4, 0.5) is 0 Å². The van der Waals surface area contributed by atoms with E-state index in [0.717, 1.165) is 16.9 Å². The summed E-state index contributed by atoms with van der Waals surface area (Å²) < 4.78 is 33.4. The van der Waals surface area contributed by atoms with Crippen LogP contribution in [0.15, 0.2) is 65.6 Å². The predicted molar refractivity (Wildman–Crippen MR) is 124 cm³/mol. The maximum atomic E-state index is 12.5. The van der Waals surface area contributed by atoms with E-state index in [4.69, 9.17) is 4.74 Å². The summed E-state index contributed by atoms with van der Waals surface area (Å²) in [6.07, 6.45) is 0.494. The van der Waals surface area contributed by atoms with Gasteiger partial charge in [-0.3, -0.25) is 0 Å². The fourth-order valence-electron chi connectivity index (χ4n) is 3.48. The third-order valence-corrected chi connectivity index (χ3v) is 6.52. The SMILES string of the molecule is Cc1cc(C)cc(COc2ccc(CCNS(=O)(=O)c3ccc(C)c(C(=O)O)c3)cc2)c1. The van der Waals surface area contributed by atoms with Crippen LogP contribution in [0.2, 0.25) is 0 Å². The highest BCUT2D eigenvalue weighted by atomic mass is 32.2. The molecule has 0 heterocycles. The summed E-state index contributed by atoms with van der Waals surface area (Å²) in [5, 5.41) is 9.20. The van der Waals surface area contributed by atoms with E-state index in [1.165, 1.54) is 29.3 Å². The molecule has 0 atom stereocenters. The molecule has 0 bridgehead atoms. The van der Waals surface area contributed by atoms with Gasteiger partial charge >= 0.3 is 5.97 Å². The first-order valence-electron chi connectivity index (χ1n) is 10.3. The minimum Gasteiger partial charge on any atom is -0.489 e. The maximum Gasteiger partial charge on any atom is 0.335 e. The van der Waals surface area contributed by atoms with Crippen molar-refractivity contribution in [2.45, 2.75) is 38.7 Å². The van der Waals surface area contributed by atoms with Crippen LogP contribution in [0.25, 0.3) is 0 Å². The number of carboxylic acid groups (broad SMARTS) is 1. The highest BCUT2D eigenvalue weighted by Crippen LogP contribution is 2.18. The first-order valence-corrected chi connectivity index (χ1v) is 11.7. The summed E-state index contributed by atoms with van der Waals surface area (Å²) in [5.41, 5.74) is 4.96. The van der Waals surface area contributed by atoms with Crippen molar-refractivity contribution >= 4 is 16.0 Å². The number of hydrogen-bond donors (Lipinski definition) is 2. The highest BCUT2D eigenvalue weighted by Gasteiger charge is 2.17. The molecule has 32 heavy (non-hydrogen) atoms.